The number of aromatic hydroxyl groups is 1. The summed E-state index contributed by atoms with van der Waals surface area (Å²) in [5.74, 6) is 1.11. The van der Waals surface area contributed by atoms with Gasteiger partial charge in [-0.3, -0.25) is 0 Å². The van der Waals surface area contributed by atoms with Crippen LogP contribution in [0, 0.1) is 17.2 Å². The van der Waals surface area contributed by atoms with Gasteiger partial charge in [0.1, 0.15) is 18.1 Å². The van der Waals surface area contributed by atoms with Crippen molar-refractivity contribution < 1.29 is 9.84 Å². The average Bonchev–Trinajstić information content (AvgIpc) is 2.37. The summed E-state index contributed by atoms with van der Waals surface area (Å²) in [6, 6.07) is 7.57. The Bertz CT molecular complexity index is 528. The number of allylic oxidation sites excluding steroid dienone is 1. The SMILES string of the molecule is N#CC1CCC=C2COc3cc(O)ccc3C21. The van der Waals surface area contributed by atoms with Gasteiger partial charge in [-0.15, -0.1) is 0 Å². The summed E-state index contributed by atoms with van der Waals surface area (Å²) in [5, 5.41) is 18.7. The Morgan fingerprint density at radius 3 is 3.12 bits per heavy atom. The zero-order valence-corrected chi connectivity index (χ0v) is 9.39. The summed E-state index contributed by atoms with van der Waals surface area (Å²) in [7, 11) is 0. The third-order valence-electron chi connectivity index (χ3n) is 3.58. The summed E-state index contributed by atoms with van der Waals surface area (Å²) < 4.78 is 5.63. The molecule has 1 aromatic carbocycles. The van der Waals surface area contributed by atoms with Gasteiger partial charge in [0.25, 0.3) is 0 Å². The number of fused-ring (bicyclic) bond motifs is 3. The van der Waals surface area contributed by atoms with E-state index >= 15 is 0 Å². The Morgan fingerprint density at radius 2 is 2.29 bits per heavy atom. The maximum absolute atomic E-state index is 9.45. The number of nitrogens with zero attached hydrogens (tertiary/aromatic N) is 1. The molecule has 17 heavy (non-hydrogen) atoms. The molecule has 3 nitrogen and oxygen atoms in total. The molecule has 2 unspecified atom stereocenters. The van der Waals surface area contributed by atoms with Crippen LogP contribution in [0.5, 0.6) is 11.5 Å². The van der Waals surface area contributed by atoms with Crippen molar-refractivity contribution in [2.45, 2.75) is 18.8 Å². The van der Waals surface area contributed by atoms with E-state index < -0.39 is 0 Å². The van der Waals surface area contributed by atoms with Crippen LogP contribution in [0.25, 0.3) is 0 Å². The molecule has 3 rings (SSSR count). The first-order valence-corrected chi connectivity index (χ1v) is 5.84. The molecule has 2 atom stereocenters. The number of nitriles is 1. The number of phenolic OH excluding ortho intramolecular Hbond substituents is 1. The van der Waals surface area contributed by atoms with E-state index in [0.717, 1.165) is 18.4 Å². The van der Waals surface area contributed by atoms with Crippen LogP contribution in [-0.2, 0) is 0 Å². The van der Waals surface area contributed by atoms with E-state index in [2.05, 4.69) is 12.1 Å². The zero-order chi connectivity index (χ0) is 11.8. The van der Waals surface area contributed by atoms with Crippen LogP contribution in [0.3, 0.4) is 0 Å². The molecular formula is C14H13NO2. The summed E-state index contributed by atoms with van der Waals surface area (Å²) in [6.07, 6.45) is 4.06. The highest BCUT2D eigenvalue weighted by Crippen LogP contribution is 2.46. The molecule has 0 saturated heterocycles. The third kappa shape index (κ3) is 1.57. The van der Waals surface area contributed by atoms with E-state index in [1.165, 1.54) is 5.57 Å². The summed E-state index contributed by atoms with van der Waals surface area (Å²) >= 11 is 0. The molecule has 0 spiro atoms. The monoisotopic (exact) mass is 227 g/mol. The fourth-order valence-electron chi connectivity index (χ4n) is 2.77. The van der Waals surface area contributed by atoms with E-state index in [1.807, 2.05) is 6.07 Å². The zero-order valence-electron chi connectivity index (χ0n) is 9.39. The molecule has 1 aliphatic heterocycles. The Balaban J connectivity index is 2.11. The summed E-state index contributed by atoms with van der Waals surface area (Å²) in [5.41, 5.74) is 2.24. The van der Waals surface area contributed by atoms with Gasteiger partial charge in [0, 0.05) is 17.5 Å². The van der Waals surface area contributed by atoms with E-state index in [4.69, 9.17) is 4.74 Å². The highest BCUT2D eigenvalue weighted by molar-refractivity contribution is 5.49. The van der Waals surface area contributed by atoms with Gasteiger partial charge in [-0.25, -0.2) is 0 Å². The molecule has 3 heteroatoms. The first-order chi connectivity index (χ1) is 8.29. The maximum atomic E-state index is 9.45. The van der Waals surface area contributed by atoms with Crippen LogP contribution in [0.2, 0.25) is 0 Å². The Morgan fingerprint density at radius 1 is 1.41 bits per heavy atom. The first-order valence-electron chi connectivity index (χ1n) is 5.84. The van der Waals surface area contributed by atoms with Crippen molar-refractivity contribution >= 4 is 0 Å². The minimum atomic E-state index is 0.0298. The fourth-order valence-corrected chi connectivity index (χ4v) is 2.77. The minimum Gasteiger partial charge on any atom is -0.508 e. The van der Waals surface area contributed by atoms with Crippen molar-refractivity contribution in [3.63, 3.8) is 0 Å². The van der Waals surface area contributed by atoms with Crippen molar-refractivity contribution in [3.8, 4) is 17.6 Å². The predicted molar refractivity (Wildman–Crippen MR) is 62.8 cm³/mol. The molecule has 0 aromatic heterocycles. The molecule has 0 bridgehead atoms. The molecule has 1 heterocycles. The quantitative estimate of drug-likeness (QED) is 0.693. The second-order valence-corrected chi connectivity index (χ2v) is 4.58. The number of hydrogen-bond donors (Lipinski definition) is 1. The lowest BCUT2D eigenvalue weighted by Crippen LogP contribution is -2.25. The van der Waals surface area contributed by atoms with Crippen LogP contribution in [0.15, 0.2) is 29.8 Å². The van der Waals surface area contributed by atoms with Gasteiger partial charge < -0.3 is 9.84 Å². The molecule has 0 fully saturated rings. The highest BCUT2D eigenvalue weighted by Gasteiger charge is 2.34. The fraction of sp³-hybridized carbons (Fsp3) is 0.357. The highest BCUT2D eigenvalue weighted by atomic mass is 16.5. The molecule has 1 aliphatic carbocycles. The number of benzene rings is 1. The molecule has 1 N–H and O–H groups in total. The van der Waals surface area contributed by atoms with E-state index in [0.29, 0.717) is 12.4 Å². The van der Waals surface area contributed by atoms with Crippen molar-refractivity contribution in [1.82, 2.24) is 0 Å². The van der Waals surface area contributed by atoms with E-state index in [9.17, 15) is 10.4 Å². The topological polar surface area (TPSA) is 53.2 Å². The van der Waals surface area contributed by atoms with Gasteiger partial charge >= 0.3 is 0 Å². The smallest absolute Gasteiger partial charge is 0.127 e. The van der Waals surface area contributed by atoms with Crippen LogP contribution < -0.4 is 4.74 Å². The molecule has 0 saturated carbocycles. The van der Waals surface area contributed by atoms with Crippen molar-refractivity contribution in [2.75, 3.05) is 6.61 Å². The van der Waals surface area contributed by atoms with Crippen LogP contribution in [-0.4, -0.2) is 11.7 Å². The average molecular weight is 227 g/mol. The molecule has 2 aliphatic rings. The molecule has 86 valence electrons. The Hall–Kier alpha value is -1.95. The number of hydrogen-bond acceptors (Lipinski definition) is 3. The molecule has 0 amide bonds. The summed E-state index contributed by atoms with van der Waals surface area (Å²) in [6.45, 7) is 0.541. The van der Waals surface area contributed by atoms with E-state index in [1.54, 1.807) is 12.1 Å². The van der Waals surface area contributed by atoms with Crippen LogP contribution in [0.1, 0.15) is 24.3 Å². The second kappa shape index (κ2) is 3.81. The second-order valence-electron chi connectivity index (χ2n) is 4.58. The standard InChI is InChI=1S/C14H13NO2/c15-7-9-2-1-3-10-8-17-13-6-11(16)4-5-12(13)14(9)10/h3-6,9,14,16H,1-2,8H2. The lowest BCUT2D eigenvalue weighted by Gasteiger charge is -2.34. The third-order valence-corrected chi connectivity index (χ3v) is 3.58. The Labute approximate surface area is 100.0 Å². The van der Waals surface area contributed by atoms with Gasteiger partial charge in [0.05, 0.1) is 12.0 Å². The minimum absolute atomic E-state index is 0.0298. The van der Waals surface area contributed by atoms with Crippen LogP contribution in [0.4, 0.5) is 0 Å². The number of phenols is 1. The van der Waals surface area contributed by atoms with Crippen molar-refractivity contribution in [2.24, 2.45) is 5.92 Å². The number of ether oxygens (including phenoxy) is 1. The van der Waals surface area contributed by atoms with Crippen LogP contribution >= 0.6 is 0 Å². The molecular weight excluding hydrogens is 214 g/mol. The van der Waals surface area contributed by atoms with Gasteiger partial charge in [-0.05, 0) is 24.5 Å². The lowest BCUT2D eigenvalue weighted by atomic mass is 9.74. The predicted octanol–water partition coefficient (Wildman–Crippen LogP) is 2.73. The normalized spacial score (nSPS) is 25.9. The Kier molecular flexibility index (Phi) is 2.29. The summed E-state index contributed by atoms with van der Waals surface area (Å²) in [4.78, 5) is 0. The van der Waals surface area contributed by atoms with Gasteiger partial charge in [0.2, 0.25) is 0 Å². The van der Waals surface area contributed by atoms with Gasteiger partial charge in [-0.2, -0.15) is 5.26 Å². The van der Waals surface area contributed by atoms with Gasteiger partial charge in [0.15, 0.2) is 0 Å². The largest absolute Gasteiger partial charge is 0.508 e. The first kappa shape index (κ1) is 10.2. The van der Waals surface area contributed by atoms with E-state index in [-0.39, 0.29) is 17.6 Å². The maximum Gasteiger partial charge on any atom is 0.127 e. The lowest BCUT2D eigenvalue weighted by molar-refractivity contribution is 0.295. The van der Waals surface area contributed by atoms with Crippen molar-refractivity contribution in [1.29, 1.82) is 5.26 Å². The number of rotatable bonds is 0. The molecule has 1 aromatic rings. The van der Waals surface area contributed by atoms with Gasteiger partial charge in [-0.1, -0.05) is 12.1 Å². The molecule has 0 radical (unpaired) electrons. The van der Waals surface area contributed by atoms with Crippen molar-refractivity contribution in [3.05, 3.63) is 35.4 Å².